The molecule has 1 N–H and O–H groups in total. The Kier molecular flexibility index (Phi) is 4.16. The maximum Gasteiger partial charge on any atom is 0.305 e. The van der Waals surface area contributed by atoms with E-state index >= 15 is 0 Å². The molecule has 1 rings (SSSR count). The molecule has 100 valence electrons. The fourth-order valence-corrected chi connectivity index (χ4v) is 3.39. The second-order valence-corrected chi connectivity index (χ2v) is 8.04. The van der Waals surface area contributed by atoms with Gasteiger partial charge in [-0.15, -0.1) is 0 Å². The van der Waals surface area contributed by atoms with Crippen LogP contribution in [-0.4, -0.2) is 24.2 Å². The standard InChI is InChI=1S/C13H18O4S/c1-13(2,3)18(16,17)11(9-12(14)15)10-7-5-4-6-8-10/h4-8,11H,9H2,1-3H3,(H,14,15). The van der Waals surface area contributed by atoms with Crippen LogP contribution in [0.5, 0.6) is 0 Å². The molecule has 0 aliphatic heterocycles. The second kappa shape index (κ2) is 5.10. The van der Waals surface area contributed by atoms with E-state index in [0.717, 1.165) is 0 Å². The number of carboxylic acid groups (broad SMARTS) is 1. The quantitative estimate of drug-likeness (QED) is 0.912. The molecule has 0 aliphatic rings. The molecule has 0 fully saturated rings. The van der Waals surface area contributed by atoms with E-state index in [0.29, 0.717) is 5.56 Å². The highest BCUT2D eigenvalue weighted by Gasteiger charge is 2.39. The third-order valence-electron chi connectivity index (χ3n) is 2.76. The predicted molar refractivity (Wildman–Crippen MR) is 70.1 cm³/mol. The molecule has 0 amide bonds. The van der Waals surface area contributed by atoms with Gasteiger partial charge in [-0.3, -0.25) is 4.79 Å². The summed E-state index contributed by atoms with van der Waals surface area (Å²) in [5.41, 5.74) is 0.523. The molecule has 0 aliphatic carbocycles. The highest BCUT2D eigenvalue weighted by molar-refractivity contribution is 7.93. The van der Waals surface area contributed by atoms with Gasteiger partial charge in [0, 0.05) is 0 Å². The molecule has 0 spiro atoms. The lowest BCUT2D eigenvalue weighted by Crippen LogP contribution is -2.33. The summed E-state index contributed by atoms with van der Waals surface area (Å²) >= 11 is 0. The van der Waals surface area contributed by atoms with Gasteiger partial charge in [0.15, 0.2) is 9.84 Å². The van der Waals surface area contributed by atoms with Crippen molar-refractivity contribution in [2.45, 2.75) is 37.2 Å². The van der Waals surface area contributed by atoms with E-state index in [9.17, 15) is 13.2 Å². The van der Waals surface area contributed by atoms with Gasteiger partial charge in [-0.2, -0.15) is 0 Å². The van der Waals surface area contributed by atoms with E-state index in [-0.39, 0.29) is 0 Å². The zero-order valence-corrected chi connectivity index (χ0v) is 11.6. The zero-order chi connectivity index (χ0) is 14.0. The first-order chi connectivity index (χ1) is 8.16. The molecule has 5 heteroatoms. The van der Waals surface area contributed by atoms with Crippen LogP contribution in [0.3, 0.4) is 0 Å². The van der Waals surface area contributed by atoms with Crippen LogP contribution in [-0.2, 0) is 14.6 Å². The second-order valence-electron chi connectivity index (χ2n) is 5.15. The Hall–Kier alpha value is -1.36. The van der Waals surface area contributed by atoms with Crippen LogP contribution in [0.25, 0.3) is 0 Å². The van der Waals surface area contributed by atoms with Crippen molar-refractivity contribution in [3.63, 3.8) is 0 Å². The van der Waals surface area contributed by atoms with Gasteiger partial charge in [-0.25, -0.2) is 8.42 Å². The summed E-state index contributed by atoms with van der Waals surface area (Å²) in [6.45, 7) is 4.75. The molecule has 1 aromatic rings. The third-order valence-corrected chi connectivity index (χ3v) is 5.65. The molecule has 18 heavy (non-hydrogen) atoms. The Morgan fingerprint density at radius 1 is 1.22 bits per heavy atom. The average molecular weight is 270 g/mol. The molecule has 4 nitrogen and oxygen atoms in total. The molecular weight excluding hydrogens is 252 g/mol. The lowest BCUT2D eigenvalue weighted by atomic mass is 10.1. The number of aliphatic carboxylic acids is 1. The molecule has 1 unspecified atom stereocenters. The maximum atomic E-state index is 12.4. The lowest BCUT2D eigenvalue weighted by molar-refractivity contribution is -0.137. The van der Waals surface area contributed by atoms with Gasteiger partial charge in [-0.05, 0) is 26.3 Å². The minimum absolute atomic E-state index is 0.413. The number of hydrogen-bond donors (Lipinski definition) is 1. The monoisotopic (exact) mass is 270 g/mol. The topological polar surface area (TPSA) is 71.4 Å². The van der Waals surface area contributed by atoms with Crippen LogP contribution in [0.2, 0.25) is 0 Å². The van der Waals surface area contributed by atoms with E-state index in [1.54, 1.807) is 51.1 Å². The SMILES string of the molecule is CC(C)(C)S(=O)(=O)C(CC(=O)O)c1ccccc1. The fraction of sp³-hybridized carbons (Fsp3) is 0.462. The number of carboxylic acids is 1. The van der Waals surface area contributed by atoms with Crippen molar-refractivity contribution in [2.24, 2.45) is 0 Å². The number of hydrogen-bond acceptors (Lipinski definition) is 3. The number of benzene rings is 1. The molecule has 1 aromatic carbocycles. The van der Waals surface area contributed by atoms with E-state index < -0.39 is 32.2 Å². The molecule has 0 heterocycles. The minimum Gasteiger partial charge on any atom is -0.481 e. The Morgan fingerprint density at radius 3 is 2.11 bits per heavy atom. The smallest absolute Gasteiger partial charge is 0.305 e. The minimum atomic E-state index is -3.57. The Labute approximate surface area is 108 Å². The van der Waals surface area contributed by atoms with Gasteiger partial charge in [0.1, 0.15) is 0 Å². The fourth-order valence-electron chi connectivity index (χ4n) is 1.66. The molecule has 0 radical (unpaired) electrons. The molecule has 0 saturated carbocycles. The molecule has 1 atom stereocenters. The third kappa shape index (κ3) is 3.10. The van der Waals surface area contributed by atoms with Crippen LogP contribution in [0.4, 0.5) is 0 Å². The van der Waals surface area contributed by atoms with Crippen molar-refractivity contribution in [2.75, 3.05) is 0 Å². The van der Waals surface area contributed by atoms with Crippen molar-refractivity contribution in [1.29, 1.82) is 0 Å². The van der Waals surface area contributed by atoms with Crippen LogP contribution in [0.15, 0.2) is 30.3 Å². The van der Waals surface area contributed by atoms with Crippen LogP contribution in [0, 0.1) is 0 Å². The van der Waals surface area contributed by atoms with Gasteiger partial charge >= 0.3 is 5.97 Å². The number of carbonyl (C=O) groups is 1. The summed E-state index contributed by atoms with van der Waals surface area (Å²) in [6.07, 6.45) is -0.413. The molecule has 0 bridgehead atoms. The van der Waals surface area contributed by atoms with Crippen LogP contribution >= 0.6 is 0 Å². The summed E-state index contributed by atoms with van der Waals surface area (Å²) in [4.78, 5) is 10.9. The van der Waals surface area contributed by atoms with Crippen molar-refractivity contribution in [3.8, 4) is 0 Å². The predicted octanol–water partition coefficient (Wildman–Crippen LogP) is 2.42. The molecular formula is C13H18O4S. The van der Waals surface area contributed by atoms with Crippen LogP contribution in [0.1, 0.15) is 38.0 Å². The summed E-state index contributed by atoms with van der Waals surface area (Å²) < 4.78 is 23.9. The summed E-state index contributed by atoms with van der Waals surface area (Å²) in [7, 11) is -3.57. The largest absolute Gasteiger partial charge is 0.481 e. The van der Waals surface area contributed by atoms with Gasteiger partial charge in [0.05, 0.1) is 16.4 Å². The number of sulfone groups is 1. The average Bonchev–Trinajstić information content (AvgIpc) is 2.25. The maximum absolute atomic E-state index is 12.4. The Morgan fingerprint density at radius 2 is 1.72 bits per heavy atom. The first-order valence-electron chi connectivity index (χ1n) is 5.66. The van der Waals surface area contributed by atoms with Crippen LogP contribution < -0.4 is 0 Å². The number of rotatable bonds is 4. The molecule has 0 aromatic heterocycles. The van der Waals surface area contributed by atoms with E-state index in [1.807, 2.05) is 0 Å². The van der Waals surface area contributed by atoms with Gasteiger partial charge in [-0.1, -0.05) is 30.3 Å². The lowest BCUT2D eigenvalue weighted by Gasteiger charge is -2.26. The van der Waals surface area contributed by atoms with Crippen molar-refractivity contribution < 1.29 is 18.3 Å². The summed E-state index contributed by atoms with van der Waals surface area (Å²) in [5, 5.41) is 7.91. The Bertz CT molecular complexity index is 512. The highest BCUT2D eigenvalue weighted by Crippen LogP contribution is 2.34. The van der Waals surface area contributed by atoms with E-state index in [2.05, 4.69) is 0 Å². The van der Waals surface area contributed by atoms with Crippen molar-refractivity contribution >= 4 is 15.8 Å². The van der Waals surface area contributed by atoms with E-state index in [1.165, 1.54) is 0 Å². The normalized spacial score (nSPS) is 14.2. The summed E-state index contributed by atoms with van der Waals surface area (Å²) in [6, 6.07) is 8.49. The van der Waals surface area contributed by atoms with Gasteiger partial charge in [0.2, 0.25) is 0 Å². The Balaban J connectivity index is 3.28. The van der Waals surface area contributed by atoms with E-state index in [4.69, 9.17) is 5.11 Å². The first-order valence-corrected chi connectivity index (χ1v) is 7.21. The van der Waals surface area contributed by atoms with Gasteiger partial charge < -0.3 is 5.11 Å². The van der Waals surface area contributed by atoms with Crippen molar-refractivity contribution in [1.82, 2.24) is 0 Å². The first kappa shape index (κ1) is 14.7. The molecule has 0 saturated heterocycles. The van der Waals surface area contributed by atoms with Gasteiger partial charge in [0.25, 0.3) is 0 Å². The highest BCUT2D eigenvalue weighted by atomic mass is 32.2. The van der Waals surface area contributed by atoms with Crippen molar-refractivity contribution in [3.05, 3.63) is 35.9 Å². The summed E-state index contributed by atoms with van der Waals surface area (Å²) in [5.74, 6) is -1.11. The zero-order valence-electron chi connectivity index (χ0n) is 10.8.